The van der Waals surface area contributed by atoms with Gasteiger partial charge in [0.25, 0.3) is 0 Å². The zero-order chi connectivity index (χ0) is 11.3. The Morgan fingerprint density at radius 3 is 2.40 bits per heavy atom. The van der Waals surface area contributed by atoms with E-state index in [-0.39, 0.29) is 24.3 Å². The summed E-state index contributed by atoms with van der Waals surface area (Å²) in [4.78, 5) is 22.2. The van der Waals surface area contributed by atoms with Crippen molar-refractivity contribution in [1.82, 2.24) is 0 Å². The highest BCUT2D eigenvalue weighted by atomic mass is 16.5. The number of carboxylic acids is 1. The van der Waals surface area contributed by atoms with Gasteiger partial charge in [-0.1, -0.05) is 12.1 Å². The standard InChI is InChI=1S/C10H11NO4/c11-5-6-15-10(14)8-4-2-1-3-7(8)9(12)13/h1-4H,5-6,11H2,(H,12,13). The molecule has 0 fully saturated rings. The zero-order valence-electron chi connectivity index (χ0n) is 7.97. The number of nitrogens with two attached hydrogens (primary N) is 1. The molecule has 0 aliphatic carbocycles. The number of esters is 1. The Bertz CT molecular complexity index is 375. The number of aromatic carboxylic acids is 1. The zero-order valence-corrected chi connectivity index (χ0v) is 7.97. The highest BCUT2D eigenvalue weighted by Gasteiger charge is 2.16. The molecule has 1 rings (SSSR count). The first kappa shape index (κ1) is 11.2. The van der Waals surface area contributed by atoms with Crippen LogP contribution >= 0.6 is 0 Å². The molecule has 0 spiro atoms. The number of hydrogen-bond acceptors (Lipinski definition) is 4. The van der Waals surface area contributed by atoms with Crippen molar-refractivity contribution in [3.63, 3.8) is 0 Å². The molecule has 0 saturated heterocycles. The molecule has 0 aliphatic heterocycles. The van der Waals surface area contributed by atoms with Gasteiger partial charge in [0, 0.05) is 6.54 Å². The van der Waals surface area contributed by atoms with Crippen LogP contribution in [0.3, 0.4) is 0 Å². The number of rotatable bonds is 4. The monoisotopic (exact) mass is 209 g/mol. The maximum Gasteiger partial charge on any atom is 0.339 e. The first-order valence-electron chi connectivity index (χ1n) is 4.36. The van der Waals surface area contributed by atoms with Crippen molar-refractivity contribution < 1.29 is 19.4 Å². The predicted octanol–water partition coefficient (Wildman–Crippen LogP) is 0.500. The van der Waals surface area contributed by atoms with E-state index in [1.54, 1.807) is 12.1 Å². The number of carboxylic acid groups (broad SMARTS) is 1. The van der Waals surface area contributed by atoms with Crippen LogP contribution < -0.4 is 5.73 Å². The Morgan fingerprint density at radius 1 is 1.27 bits per heavy atom. The van der Waals surface area contributed by atoms with Crippen LogP contribution in [-0.4, -0.2) is 30.2 Å². The van der Waals surface area contributed by atoms with Gasteiger partial charge in [0.1, 0.15) is 6.61 Å². The molecular formula is C10H11NO4. The second-order valence-corrected chi connectivity index (χ2v) is 2.78. The molecule has 3 N–H and O–H groups in total. The van der Waals surface area contributed by atoms with Gasteiger partial charge in [0.15, 0.2) is 0 Å². The van der Waals surface area contributed by atoms with Crippen molar-refractivity contribution in [2.45, 2.75) is 0 Å². The van der Waals surface area contributed by atoms with Crippen LogP contribution in [0.2, 0.25) is 0 Å². The maximum absolute atomic E-state index is 11.4. The lowest BCUT2D eigenvalue weighted by atomic mass is 10.1. The smallest absolute Gasteiger partial charge is 0.339 e. The summed E-state index contributed by atoms with van der Waals surface area (Å²) in [6.45, 7) is 0.285. The normalized spacial score (nSPS) is 9.67. The molecule has 0 aliphatic rings. The van der Waals surface area contributed by atoms with E-state index in [9.17, 15) is 9.59 Å². The quantitative estimate of drug-likeness (QED) is 0.705. The second kappa shape index (κ2) is 5.11. The largest absolute Gasteiger partial charge is 0.478 e. The van der Waals surface area contributed by atoms with Crippen molar-refractivity contribution in [2.75, 3.05) is 13.2 Å². The first-order chi connectivity index (χ1) is 7.16. The van der Waals surface area contributed by atoms with Gasteiger partial charge in [-0.3, -0.25) is 0 Å². The van der Waals surface area contributed by atoms with Gasteiger partial charge in [-0.2, -0.15) is 0 Å². The fourth-order valence-electron chi connectivity index (χ4n) is 1.08. The number of carbonyl (C=O) groups excluding carboxylic acids is 1. The van der Waals surface area contributed by atoms with Gasteiger partial charge in [0.05, 0.1) is 11.1 Å². The molecule has 0 amide bonds. The third-order valence-electron chi connectivity index (χ3n) is 1.73. The molecule has 0 saturated carbocycles. The molecule has 1 aromatic carbocycles. The van der Waals surface area contributed by atoms with E-state index in [1.165, 1.54) is 12.1 Å². The van der Waals surface area contributed by atoms with Crippen molar-refractivity contribution in [2.24, 2.45) is 5.73 Å². The minimum atomic E-state index is -1.16. The van der Waals surface area contributed by atoms with Crippen LogP contribution in [0.5, 0.6) is 0 Å². The number of carbonyl (C=O) groups is 2. The van der Waals surface area contributed by atoms with Gasteiger partial charge >= 0.3 is 11.9 Å². The summed E-state index contributed by atoms with van der Waals surface area (Å²) in [7, 11) is 0. The topological polar surface area (TPSA) is 89.6 Å². The van der Waals surface area contributed by atoms with Gasteiger partial charge in [-0.25, -0.2) is 9.59 Å². The summed E-state index contributed by atoms with van der Waals surface area (Å²) in [6.07, 6.45) is 0. The van der Waals surface area contributed by atoms with Crippen molar-refractivity contribution in [1.29, 1.82) is 0 Å². The Morgan fingerprint density at radius 2 is 1.87 bits per heavy atom. The Kier molecular flexibility index (Phi) is 3.82. The lowest BCUT2D eigenvalue weighted by Gasteiger charge is -2.05. The average Bonchev–Trinajstić information content (AvgIpc) is 2.25. The predicted molar refractivity (Wildman–Crippen MR) is 52.7 cm³/mol. The van der Waals surface area contributed by atoms with Gasteiger partial charge in [-0.05, 0) is 12.1 Å². The molecule has 15 heavy (non-hydrogen) atoms. The van der Waals surface area contributed by atoms with E-state index >= 15 is 0 Å². The van der Waals surface area contributed by atoms with E-state index in [4.69, 9.17) is 15.6 Å². The molecule has 5 heteroatoms. The van der Waals surface area contributed by atoms with Crippen LogP contribution in [-0.2, 0) is 4.74 Å². The summed E-state index contributed by atoms with van der Waals surface area (Å²) in [6, 6.07) is 5.87. The van der Waals surface area contributed by atoms with E-state index < -0.39 is 11.9 Å². The van der Waals surface area contributed by atoms with Crippen LogP contribution in [0.4, 0.5) is 0 Å². The van der Waals surface area contributed by atoms with Gasteiger partial charge in [-0.15, -0.1) is 0 Å². The van der Waals surface area contributed by atoms with E-state index in [1.807, 2.05) is 0 Å². The molecule has 0 radical (unpaired) electrons. The Balaban J connectivity index is 2.92. The summed E-state index contributed by atoms with van der Waals surface area (Å²) in [5, 5.41) is 8.81. The molecule has 5 nitrogen and oxygen atoms in total. The molecule has 1 aromatic rings. The van der Waals surface area contributed by atoms with Crippen LogP contribution in [0.25, 0.3) is 0 Å². The Labute approximate surface area is 86.5 Å². The highest BCUT2D eigenvalue weighted by Crippen LogP contribution is 2.09. The van der Waals surface area contributed by atoms with Crippen molar-refractivity contribution >= 4 is 11.9 Å². The first-order valence-corrected chi connectivity index (χ1v) is 4.36. The van der Waals surface area contributed by atoms with Gasteiger partial charge in [0.2, 0.25) is 0 Å². The minimum absolute atomic E-state index is 0.0402. The van der Waals surface area contributed by atoms with Gasteiger partial charge < -0.3 is 15.6 Å². The van der Waals surface area contributed by atoms with E-state index in [0.717, 1.165) is 0 Å². The molecular weight excluding hydrogens is 198 g/mol. The average molecular weight is 209 g/mol. The lowest BCUT2D eigenvalue weighted by molar-refractivity contribution is 0.0505. The SMILES string of the molecule is NCCOC(=O)c1ccccc1C(=O)O. The molecule has 80 valence electrons. The number of benzene rings is 1. The van der Waals surface area contributed by atoms with Crippen LogP contribution in [0.15, 0.2) is 24.3 Å². The van der Waals surface area contributed by atoms with E-state index in [0.29, 0.717) is 0 Å². The summed E-state index contributed by atoms with van der Waals surface area (Å²) < 4.78 is 4.74. The summed E-state index contributed by atoms with van der Waals surface area (Å²) >= 11 is 0. The molecule has 0 unspecified atom stereocenters. The molecule has 0 atom stereocenters. The lowest BCUT2D eigenvalue weighted by Crippen LogP contribution is -2.16. The summed E-state index contributed by atoms with van der Waals surface area (Å²) in [5.41, 5.74) is 5.13. The summed E-state index contributed by atoms with van der Waals surface area (Å²) in [5.74, 6) is -1.83. The fraction of sp³-hybridized carbons (Fsp3) is 0.200. The fourth-order valence-corrected chi connectivity index (χ4v) is 1.08. The second-order valence-electron chi connectivity index (χ2n) is 2.78. The molecule has 0 heterocycles. The maximum atomic E-state index is 11.4. The third kappa shape index (κ3) is 2.78. The van der Waals surface area contributed by atoms with E-state index in [2.05, 4.69) is 0 Å². The van der Waals surface area contributed by atoms with Crippen LogP contribution in [0, 0.1) is 0 Å². The van der Waals surface area contributed by atoms with Crippen LogP contribution in [0.1, 0.15) is 20.7 Å². The highest BCUT2D eigenvalue weighted by molar-refractivity contribution is 6.02. The molecule has 0 aromatic heterocycles. The Hall–Kier alpha value is -1.88. The minimum Gasteiger partial charge on any atom is -0.478 e. The molecule has 0 bridgehead atoms. The van der Waals surface area contributed by atoms with Crippen molar-refractivity contribution in [3.8, 4) is 0 Å². The third-order valence-corrected chi connectivity index (χ3v) is 1.73. The number of ether oxygens (including phenoxy) is 1. The van der Waals surface area contributed by atoms with Crippen molar-refractivity contribution in [3.05, 3.63) is 35.4 Å². The number of hydrogen-bond donors (Lipinski definition) is 2.